The second-order valence-corrected chi connectivity index (χ2v) is 6.63. The van der Waals surface area contributed by atoms with Crippen molar-refractivity contribution in [3.05, 3.63) is 60.2 Å². The number of imidazole rings is 1. The smallest absolute Gasteiger partial charge is 0.126 e. The SMILES string of the molecule is Cn1c(CN2CCC(Oc3cccc(F)c3)CC2)nc2ccccc21. The Labute approximate surface area is 146 Å². The third kappa shape index (κ3) is 3.51. The quantitative estimate of drug-likeness (QED) is 0.725. The summed E-state index contributed by atoms with van der Waals surface area (Å²) in [6.45, 7) is 2.77. The second kappa shape index (κ2) is 6.84. The number of fused-ring (bicyclic) bond motifs is 1. The molecule has 0 N–H and O–H groups in total. The Hall–Kier alpha value is -2.40. The maximum Gasteiger partial charge on any atom is 0.126 e. The fourth-order valence-electron chi connectivity index (χ4n) is 3.45. The highest BCUT2D eigenvalue weighted by molar-refractivity contribution is 5.75. The highest BCUT2D eigenvalue weighted by Gasteiger charge is 2.22. The summed E-state index contributed by atoms with van der Waals surface area (Å²) in [5.41, 5.74) is 2.21. The fourth-order valence-corrected chi connectivity index (χ4v) is 3.45. The van der Waals surface area contributed by atoms with E-state index in [0.29, 0.717) is 5.75 Å². The second-order valence-electron chi connectivity index (χ2n) is 6.63. The number of hydrogen-bond acceptors (Lipinski definition) is 3. The van der Waals surface area contributed by atoms with Crippen molar-refractivity contribution in [3.8, 4) is 5.75 Å². The van der Waals surface area contributed by atoms with E-state index < -0.39 is 0 Å². The van der Waals surface area contributed by atoms with Crippen LogP contribution in [0, 0.1) is 5.82 Å². The van der Waals surface area contributed by atoms with Crippen molar-refractivity contribution < 1.29 is 9.13 Å². The van der Waals surface area contributed by atoms with Crippen LogP contribution < -0.4 is 4.74 Å². The molecule has 0 amide bonds. The van der Waals surface area contributed by atoms with Gasteiger partial charge in [-0.3, -0.25) is 4.90 Å². The molecular formula is C20H22FN3O. The van der Waals surface area contributed by atoms with E-state index in [9.17, 15) is 4.39 Å². The molecule has 0 radical (unpaired) electrons. The first-order valence-corrected chi connectivity index (χ1v) is 8.74. The molecule has 1 fully saturated rings. The van der Waals surface area contributed by atoms with Gasteiger partial charge in [0.05, 0.1) is 17.6 Å². The molecule has 2 heterocycles. The van der Waals surface area contributed by atoms with Crippen LogP contribution in [-0.2, 0) is 13.6 Å². The molecule has 4 rings (SSSR count). The molecule has 2 aromatic carbocycles. The van der Waals surface area contributed by atoms with Crippen molar-refractivity contribution in [1.29, 1.82) is 0 Å². The van der Waals surface area contributed by atoms with Crippen LogP contribution in [0.15, 0.2) is 48.5 Å². The van der Waals surface area contributed by atoms with Crippen molar-refractivity contribution in [2.24, 2.45) is 7.05 Å². The Morgan fingerprint density at radius 3 is 2.68 bits per heavy atom. The summed E-state index contributed by atoms with van der Waals surface area (Å²) in [6, 6.07) is 14.6. The topological polar surface area (TPSA) is 30.3 Å². The minimum atomic E-state index is -0.253. The van der Waals surface area contributed by atoms with Gasteiger partial charge in [0.25, 0.3) is 0 Å². The predicted octanol–water partition coefficient (Wildman–Crippen LogP) is 3.76. The molecule has 1 aliphatic rings. The molecule has 0 atom stereocenters. The van der Waals surface area contributed by atoms with Gasteiger partial charge in [-0.15, -0.1) is 0 Å². The first kappa shape index (κ1) is 16.1. The molecular weight excluding hydrogens is 317 g/mol. The van der Waals surface area contributed by atoms with Gasteiger partial charge in [0.15, 0.2) is 0 Å². The van der Waals surface area contributed by atoms with Gasteiger partial charge < -0.3 is 9.30 Å². The van der Waals surface area contributed by atoms with Crippen LogP contribution in [-0.4, -0.2) is 33.6 Å². The number of rotatable bonds is 4. The minimum absolute atomic E-state index is 0.151. The number of ether oxygens (including phenoxy) is 1. The van der Waals surface area contributed by atoms with Crippen LogP contribution in [0.2, 0.25) is 0 Å². The fraction of sp³-hybridized carbons (Fsp3) is 0.350. The average Bonchev–Trinajstić information content (AvgIpc) is 2.93. The molecule has 1 aliphatic heterocycles. The predicted molar refractivity (Wildman–Crippen MR) is 96.0 cm³/mol. The molecule has 3 aromatic rings. The molecule has 0 saturated carbocycles. The number of hydrogen-bond donors (Lipinski definition) is 0. The van der Waals surface area contributed by atoms with Gasteiger partial charge in [0.2, 0.25) is 0 Å². The van der Waals surface area contributed by atoms with Gasteiger partial charge in [0.1, 0.15) is 23.5 Å². The molecule has 0 unspecified atom stereocenters. The lowest BCUT2D eigenvalue weighted by atomic mass is 10.1. The largest absolute Gasteiger partial charge is 0.490 e. The van der Waals surface area contributed by atoms with E-state index in [0.717, 1.165) is 43.8 Å². The monoisotopic (exact) mass is 339 g/mol. The zero-order valence-electron chi connectivity index (χ0n) is 14.4. The zero-order chi connectivity index (χ0) is 17.2. The van der Waals surface area contributed by atoms with Crippen molar-refractivity contribution >= 4 is 11.0 Å². The van der Waals surface area contributed by atoms with Gasteiger partial charge in [-0.25, -0.2) is 9.37 Å². The number of likely N-dealkylation sites (tertiary alicyclic amines) is 1. The number of piperidine rings is 1. The van der Waals surface area contributed by atoms with Crippen molar-refractivity contribution in [2.45, 2.75) is 25.5 Å². The molecule has 1 saturated heterocycles. The maximum absolute atomic E-state index is 13.3. The van der Waals surface area contributed by atoms with Crippen LogP contribution >= 0.6 is 0 Å². The lowest BCUT2D eigenvalue weighted by Gasteiger charge is -2.31. The Morgan fingerprint density at radius 1 is 1.12 bits per heavy atom. The van der Waals surface area contributed by atoms with E-state index in [-0.39, 0.29) is 11.9 Å². The summed E-state index contributed by atoms with van der Waals surface area (Å²) in [5.74, 6) is 1.45. The van der Waals surface area contributed by atoms with Gasteiger partial charge in [0, 0.05) is 26.2 Å². The summed E-state index contributed by atoms with van der Waals surface area (Å²) < 4.78 is 21.3. The normalized spacial score (nSPS) is 16.4. The Morgan fingerprint density at radius 2 is 1.92 bits per heavy atom. The van der Waals surface area contributed by atoms with Gasteiger partial charge in [-0.05, 0) is 37.1 Å². The number of halogens is 1. The van der Waals surface area contributed by atoms with Crippen LogP contribution in [0.25, 0.3) is 11.0 Å². The minimum Gasteiger partial charge on any atom is -0.490 e. The lowest BCUT2D eigenvalue weighted by molar-refractivity contribution is 0.0947. The van der Waals surface area contributed by atoms with E-state index in [1.807, 2.05) is 18.2 Å². The molecule has 0 bridgehead atoms. The van der Waals surface area contributed by atoms with E-state index in [4.69, 9.17) is 9.72 Å². The number of benzene rings is 2. The average molecular weight is 339 g/mol. The Bertz CT molecular complexity index is 868. The summed E-state index contributed by atoms with van der Waals surface area (Å²) in [7, 11) is 2.07. The standard InChI is InChI=1S/C20H22FN3O/c1-23-19-8-3-2-7-18(19)22-20(23)14-24-11-9-16(10-12-24)25-17-6-4-5-15(21)13-17/h2-8,13,16H,9-12,14H2,1H3. The Kier molecular flexibility index (Phi) is 4.40. The first-order valence-electron chi connectivity index (χ1n) is 8.74. The molecule has 0 spiro atoms. The van der Waals surface area contributed by atoms with Gasteiger partial charge >= 0.3 is 0 Å². The number of nitrogens with zero attached hydrogens (tertiary/aromatic N) is 3. The molecule has 0 aliphatic carbocycles. The highest BCUT2D eigenvalue weighted by Crippen LogP contribution is 2.21. The van der Waals surface area contributed by atoms with Gasteiger partial charge in [-0.2, -0.15) is 0 Å². The van der Waals surface area contributed by atoms with Crippen LogP contribution in [0.3, 0.4) is 0 Å². The maximum atomic E-state index is 13.3. The van der Waals surface area contributed by atoms with Crippen LogP contribution in [0.5, 0.6) is 5.75 Å². The third-order valence-electron chi connectivity index (χ3n) is 4.88. The summed E-state index contributed by atoms with van der Waals surface area (Å²) >= 11 is 0. The number of aromatic nitrogens is 2. The van der Waals surface area contributed by atoms with Crippen molar-refractivity contribution in [1.82, 2.24) is 14.5 Å². The molecule has 25 heavy (non-hydrogen) atoms. The van der Waals surface area contributed by atoms with Crippen molar-refractivity contribution in [2.75, 3.05) is 13.1 Å². The first-order chi connectivity index (χ1) is 12.2. The van der Waals surface area contributed by atoms with E-state index in [1.165, 1.54) is 17.6 Å². The van der Waals surface area contributed by atoms with Crippen LogP contribution in [0.4, 0.5) is 4.39 Å². The molecule has 5 heteroatoms. The molecule has 1 aromatic heterocycles. The van der Waals surface area contributed by atoms with E-state index in [1.54, 1.807) is 6.07 Å². The third-order valence-corrected chi connectivity index (χ3v) is 4.88. The lowest BCUT2D eigenvalue weighted by Crippen LogP contribution is -2.38. The van der Waals surface area contributed by atoms with E-state index in [2.05, 4.69) is 28.6 Å². The van der Waals surface area contributed by atoms with Crippen molar-refractivity contribution in [3.63, 3.8) is 0 Å². The summed E-state index contributed by atoms with van der Waals surface area (Å²) in [5, 5.41) is 0. The van der Waals surface area contributed by atoms with Crippen LogP contribution in [0.1, 0.15) is 18.7 Å². The van der Waals surface area contributed by atoms with Gasteiger partial charge in [-0.1, -0.05) is 18.2 Å². The molecule has 4 nitrogen and oxygen atoms in total. The van der Waals surface area contributed by atoms with E-state index >= 15 is 0 Å². The number of aryl methyl sites for hydroxylation is 1. The zero-order valence-corrected chi connectivity index (χ0v) is 14.4. The number of para-hydroxylation sites is 2. The molecule has 130 valence electrons. The summed E-state index contributed by atoms with van der Waals surface area (Å²) in [4.78, 5) is 7.16. The summed E-state index contributed by atoms with van der Waals surface area (Å²) in [6.07, 6.45) is 2.04. The highest BCUT2D eigenvalue weighted by atomic mass is 19.1. The Balaban J connectivity index is 1.36.